The smallest absolute Gasteiger partial charge is 0.261 e. The van der Waals surface area contributed by atoms with Gasteiger partial charge in [-0.25, -0.2) is 0 Å². The van der Waals surface area contributed by atoms with Gasteiger partial charge in [-0.3, -0.25) is 4.79 Å². The van der Waals surface area contributed by atoms with Crippen LogP contribution in [0.15, 0.2) is 48.5 Å². The summed E-state index contributed by atoms with van der Waals surface area (Å²) in [4.78, 5) is 12.8. The highest BCUT2D eigenvalue weighted by Gasteiger charge is 2.39. The van der Waals surface area contributed by atoms with Crippen molar-refractivity contribution in [1.82, 2.24) is 5.32 Å². The number of hydrogen-bond donors (Lipinski definition) is 1. The number of hydrogen-bond acceptors (Lipinski definition) is 3. The topological polar surface area (TPSA) is 47.6 Å². The van der Waals surface area contributed by atoms with Gasteiger partial charge in [-0.15, -0.1) is 0 Å². The van der Waals surface area contributed by atoms with Crippen molar-refractivity contribution in [2.75, 3.05) is 0 Å². The standard InChI is InChI=1S/C22H26ClNO3/c1-4-22(5-2)14-18(16-10-6-8-12-19(16)27-22)24-21(25)15(3)26-20-13-9-7-11-17(20)23/h6-13,15,18H,4-5,14H2,1-3H3,(H,24,25). The van der Waals surface area contributed by atoms with Crippen LogP contribution in [0.4, 0.5) is 0 Å². The molecule has 0 spiro atoms. The first-order valence-electron chi connectivity index (χ1n) is 9.47. The number of amides is 1. The highest BCUT2D eigenvalue weighted by Crippen LogP contribution is 2.42. The fourth-order valence-corrected chi connectivity index (χ4v) is 3.68. The van der Waals surface area contributed by atoms with Gasteiger partial charge in [0.1, 0.15) is 17.1 Å². The van der Waals surface area contributed by atoms with Crippen LogP contribution in [0.5, 0.6) is 11.5 Å². The number of benzene rings is 2. The highest BCUT2D eigenvalue weighted by molar-refractivity contribution is 6.32. The summed E-state index contributed by atoms with van der Waals surface area (Å²) in [6, 6.07) is 15.0. The zero-order chi connectivity index (χ0) is 19.4. The monoisotopic (exact) mass is 387 g/mol. The average molecular weight is 388 g/mol. The van der Waals surface area contributed by atoms with E-state index in [4.69, 9.17) is 21.1 Å². The summed E-state index contributed by atoms with van der Waals surface area (Å²) in [6.07, 6.45) is 1.85. The number of rotatable bonds is 6. The van der Waals surface area contributed by atoms with E-state index in [0.29, 0.717) is 10.8 Å². The number of carbonyl (C=O) groups excluding carboxylic acids is 1. The zero-order valence-corrected chi connectivity index (χ0v) is 16.8. The molecule has 1 aliphatic heterocycles. The molecule has 0 aromatic heterocycles. The Bertz CT molecular complexity index is 804. The van der Waals surface area contributed by atoms with E-state index in [0.717, 1.165) is 30.6 Å². The van der Waals surface area contributed by atoms with Gasteiger partial charge in [0.15, 0.2) is 6.10 Å². The van der Waals surface area contributed by atoms with Gasteiger partial charge in [0.25, 0.3) is 5.91 Å². The number of nitrogens with one attached hydrogen (secondary N) is 1. The minimum Gasteiger partial charge on any atom is -0.487 e. The quantitative estimate of drug-likeness (QED) is 0.731. The van der Waals surface area contributed by atoms with Gasteiger partial charge >= 0.3 is 0 Å². The maximum absolute atomic E-state index is 12.8. The third-order valence-electron chi connectivity index (χ3n) is 5.31. The van der Waals surface area contributed by atoms with Crippen LogP contribution in [-0.4, -0.2) is 17.6 Å². The summed E-state index contributed by atoms with van der Waals surface area (Å²) in [6.45, 7) is 5.98. The van der Waals surface area contributed by atoms with Crippen molar-refractivity contribution in [3.63, 3.8) is 0 Å². The van der Waals surface area contributed by atoms with E-state index in [2.05, 4.69) is 19.2 Å². The van der Waals surface area contributed by atoms with E-state index in [1.54, 1.807) is 19.1 Å². The molecule has 2 aromatic carbocycles. The Kier molecular flexibility index (Phi) is 5.95. The Morgan fingerprint density at radius 3 is 2.59 bits per heavy atom. The van der Waals surface area contributed by atoms with E-state index in [9.17, 15) is 4.79 Å². The molecule has 3 rings (SSSR count). The summed E-state index contributed by atoms with van der Waals surface area (Å²) in [5.41, 5.74) is 0.743. The molecule has 1 aliphatic rings. The molecular weight excluding hydrogens is 362 g/mol. The highest BCUT2D eigenvalue weighted by atomic mass is 35.5. The van der Waals surface area contributed by atoms with Gasteiger partial charge < -0.3 is 14.8 Å². The largest absolute Gasteiger partial charge is 0.487 e. The molecule has 1 amide bonds. The van der Waals surface area contributed by atoms with Gasteiger partial charge in [-0.1, -0.05) is 55.8 Å². The molecule has 2 aromatic rings. The Hall–Kier alpha value is -2.20. The number of halogens is 1. The number of carbonyl (C=O) groups is 1. The SMILES string of the molecule is CCC1(CC)CC(NC(=O)C(C)Oc2ccccc2Cl)c2ccccc2O1. The van der Waals surface area contributed by atoms with E-state index in [-0.39, 0.29) is 17.6 Å². The minimum absolute atomic E-state index is 0.111. The second-order valence-electron chi connectivity index (χ2n) is 6.99. The third kappa shape index (κ3) is 4.22. The van der Waals surface area contributed by atoms with Crippen LogP contribution in [0.3, 0.4) is 0 Å². The average Bonchev–Trinajstić information content (AvgIpc) is 2.69. The maximum Gasteiger partial charge on any atom is 0.261 e. The lowest BCUT2D eigenvalue weighted by Crippen LogP contribution is -2.46. The Labute approximate surface area is 165 Å². The number of fused-ring (bicyclic) bond motifs is 1. The molecule has 0 bridgehead atoms. The maximum atomic E-state index is 12.8. The summed E-state index contributed by atoms with van der Waals surface area (Å²) in [5.74, 6) is 1.18. The number of para-hydroxylation sites is 2. The van der Waals surface area contributed by atoms with E-state index < -0.39 is 6.10 Å². The Morgan fingerprint density at radius 2 is 1.89 bits per heavy atom. The molecule has 2 atom stereocenters. The molecule has 5 heteroatoms. The Balaban J connectivity index is 1.77. The van der Waals surface area contributed by atoms with Gasteiger partial charge in [0.05, 0.1) is 11.1 Å². The minimum atomic E-state index is -0.655. The van der Waals surface area contributed by atoms with Crippen molar-refractivity contribution in [1.29, 1.82) is 0 Å². The first-order chi connectivity index (χ1) is 13.0. The Morgan fingerprint density at radius 1 is 1.22 bits per heavy atom. The molecule has 144 valence electrons. The second kappa shape index (κ2) is 8.22. The molecule has 0 saturated heterocycles. The van der Waals surface area contributed by atoms with Crippen LogP contribution in [0.25, 0.3) is 0 Å². The van der Waals surface area contributed by atoms with Crippen molar-refractivity contribution in [2.24, 2.45) is 0 Å². The molecule has 27 heavy (non-hydrogen) atoms. The van der Waals surface area contributed by atoms with E-state index in [1.807, 2.05) is 36.4 Å². The lowest BCUT2D eigenvalue weighted by molar-refractivity contribution is -0.128. The molecule has 2 unspecified atom stereocenters. The second-order valence-corrected chi connectivity index (χ2v) is 7.39. The first kappa shape index (κ1) is 19.6. The summed E-state index contributed by atoms with van der Waals surface area (Å²) >= 11 is 6.13. The molecule has 4 nitrogen and oxygen atoms in total. The van der Waals surface area contributed by atoms with Gasteiger partial charge in [-0.2, -0.15) is 0 Å². The van der Waals surface area contributed by atoms with Crippen molar-refractivity contribution in [3.05, 3.63) is 59.1 Å². The fraction of sp³-hybridized carbons (Fsp3) is 0.409. The van der Waals surface area contributed by atoms with Crippen molar-refractivity contribution in [3.8, 4) is 11.5 Å². The van der Waals surface area contributed by atoms with Crippen LogP contribution < -0.4 is 14.8 Å². The molecule has 1 N–H and O–H groups in total. The molecule has 0 saturated carbocycles. The molecule has 0 radical (unpaired) electrons. The van der Waals surface area contributed by atoms with Crippen LogP contribution in [0.2, 0.25) is 5.02 Å². The number of ether oxygens (including phenoxy) is 2. The molecule has 0 fully saturated rings. The van der Waals surface area contributed by atoms with Crippen LogP contribution >= 0.6 is 11.6 Å². The van der Waals surface area contributed by atoms with Gasteiger partial charge in [-0.05, 0) is 38.0 Å². The predicted octanol–water partition coefficient (Wildman–Crippen LogP) is 5.31. The van der Waals surface area contributed by atoms with Gasteiger partial charge in [0.2, 0.25) is 0 Å². The normalized spacial score (nSPS) is 18.7. The molecular formula is C22H26ClNO3. The van der Waals surface area contributed by atoms with Crippen molar-refractivity contribution < 1.29 is 14.3 Å². The fourth-order valence-electron chi connectivity index (χ4n) is 3.50. The third-order valence-corrected chi connectivity index (χ3v) is 5.62. The van der Waals surface area contributed by atoms with E-state index >= 15 is 0 Å². The van der Waals surface area contributed by atoms with Crippen LogP contribution in [0.1, 0.15) is 51.6 Å². The van der Waals surface area contributed by atoms with Crippen molar-refractivity contribution >= 4 is 17.5 Å². The lowest BCUT2D eigenvalue weighted by Gasteiger charge is -2.41. The first-order valence-corrected chi connectivity index (χ1v) is 9.85. The van der Waals surface area contributed by atoms with E-state index in [1.165, 1.54) is 0 Å². The zero-order valence-electron chi connectivity index (χ0n) is 16.0. The summed E-state index contributed by atoms with van der Waals surface area (Å²) in [5, 5.41) is 3.64. The molecule has 0 aliphatic carbocycles. The predicted molar refractivity (Wildman–Crippen MR) is 107 cm³/mol. The van der Waals surface area contributed by atoms with Crippen molar-refractivity contribution in [2.45, 2.75) is 57.8 Å². The summed E-state index contributed by atoms with van der Waals surface area (Å²) < 4.78 is 12.1. The summed E-state index contributed by atoms with van der Waals surface area (Å²) in [7, 11) is 0. The van der Waals surface area contributed by atoms with Crippen LogP contribution in [-0.2, 0) is 4.79 Å². The molecule has 1 heterocycles. The van der Waals surface area contributed by atoms with Crippen LogP contribution in [0, 0.1) is 0 Å². The lowest BCUT2D eigenvalue weighted by atomic mass is 9.83. The van der Waals surface area contributed by atoms with Gasteiger partial charge in [0, 0.05) is 12.0 Å².